The second kappa shape index (κ2) is 6.40. The summed E-state index contributed by atoms with van der Waals surface area (Å²) in [4.78, 5) is 7.35. The molecule has 1 fully saturated rings. The number of rotatable bonds is 3. The lowest BCUT2D eigenvalue weighted by atomic mass is 9.89. The third-order valence-corrected chi connectivity index (χ3v) is 5.68. The fourth-order valence-electron chi connectivity index (χ4n) is 4.28. The molecule has 0 atom stereocenters. The molecule has 0 saturated carbocycles. The lowest BCUT2D eigenvalue weighted by Crippen LogP contribution is -2.33. The summed E-state index contributed by atoms with van der Waals surface area (Å²) in [5.41, 5.74) is 3.42. The lowest BCUT2D eigenvalue weighted by Gasteiger charge is -2.32. The van der Waals surface area contributed by atoms with Crippen LogP contribution in [0.15, 0.2) is 42.5 Å². The van der Waals surface area contributed by atoms with Gasteiger partial charge in [0, 0.05) is 0 Å². The predicted octanol–water partition coefficient (Wildman–Crippen LogP) is 3.95. The van der Waals surface area contributed by atoms with Gasteiger partial charge in [-0.05, 0) is 61.7 Å². The molecule has 2 aliphatic rings. The Morgan fingerprint density at radius 2 is 1.85 bits per heavy atom. The molecular formula is C21H22FN3O. The highest BCUT2D eigenvalue weighted by Gasteiger charge is 2.24. The van der Waals surface area contributed by atoms with E-state index in [1.165, 1.54) is 5.56 Å². The largest absolute Gasteiger partial charge is 0.489 e. The highest BCUT2D eigenvalue weighted by atomic mass is 19.1. The highest BCUT2D eigenvalue weighted by Crippen LogP contribution is 2.32. The van der Waals surface area contributed by atoms with Gasteiger partial charge in [0.05, 0.1) is 18.6 Å². The average Bonchev–Trinajstić information content (AvgIpc) is 3.03. The SMILES string of the molecule is Fc1ccc(C2CCN(Cc3nc4cccc5c4n3CCO5)CC2)cc1. The molecule has 0 bridgehead atoms. The summed E-state index contributed by atoms with van der Waals surface area (Å²) in [6.45, 7) is 4.56. The van der Waals surface area contributed by atoms with Gasteiger partial charge in [-0.25, -0.2) is 9.37 Å². The van der Waals surface area contributed by atoms with Crippen molar-refractivity contribution in [2.45, 2.75) is 31.8 Å². The Morgan fingerprint density at radius 3 is 2.65 bits per heavy atom. The van der Waals surface area contributed by atoms with Gasteiger partial charge in [-0.2, -0.15) is 0 Å². The van der Waals surface area contributed by atoms with Crippen LogP contribution in [0.3, 0.4) is 0 Å². The van der Waals surface area contributed by atoms with Crippen LogP contribution in [0.25, 0.3) is 11.0 Å². The van der Waals surface area contributed by atoms with Crippen molar-refractivity contribution in [2.24, 2.45) is 0 Å². The maximum atomic E-state index is 13.1. The molecule has 0 amide bonds. The molecular weight excluding hydrogens is 329 g/mol. The van der Waals surface area contributed by atoms with Crippen LogP contribution >= 0.6 is 0 Å². The van der Waals surface area contributed by atoms with Crippen LogP contribution in [0.4, 0.5) is 4.39 Å². The molecule has 0 aliphatic carbocycles. The summed E-state index contributed by atoms with van der Waals surface area (Å²) in [6.07, 6.45) is 2.22. The van der Waals surface area contributed by atoms with Crippen molar-refractivity contribution in [3.8, 4) is 5.75 Å². The molecule has 134 valence electrons. The highest BCUT2D eigenvalue weighted by molar-refractivity contribution is 5.83. The Kier molecular flexibility index (Phi) is 3.89. The maximum absolute atomic E-state index is 13.1. The van der Waals surface area contributed by atoms with Crippen molar-refractivity contribution in [1.82, 2.24) is 14.5 Å². The first-order chi connectivity index (χ1) is 12.8. The van der Waals surface area contributed by atoms with Crippen LogP contribution < -0.4 is 4.74 Å². The van der Waals surface area contributed by atoms with Gasteiger partial charge in [0.2, 0.25) is 0 Å². The van der Waals surface area contributed by atoms with Crippen molar-refractivity contribution >= 4 is 11.0 Å². The van der Waals surface area contributed by atoms with Crippen LogP contribution in [0.5, 0.6) is 5.75 Å². The topological polar surface area (TPSA) is 30.3 Å². The van der Waals surface area contributed by atoms with Gasteiger partial charge in [-0.1, -0.05) is 18.2 Å². The third-order valence-electron chi connectivity index (χ3n) is 5.68. The molecule has 26 heavy (non-hydrogen) atoms. The Bertz CT molecular complexity index is 926. The fourth-order valence-corrected chi connectivity index (χ4v) is 4.28. The van der Waals surface area contributed by atoms with Gasteiger partial charge in [-0.15, -0.1) is 0 Å². The number of hydrogen-bond acceptors (Lipinski definition) is 3. The number of benzene rings is 2. The van der Waals surface area contributed by atoms with Crippen LogP contribution in [0, 0.1) is 5.82 Å². The number of nitrogens with zero attached hydrogens (tertiary/aromatic N) is 3. The number of halogens is 1. The van der Waals surface area contributed by atoms with E-state index in [4.69, 9.17) is 9.72 Å². The van der Waals surface area contributed by atoms with Gasteiger partial charge >= 0.3 is 0 Å². The zero-order chi connectivity index (χ0) is 17.5. The normalized spacial score (nSPS) is 18.2. The van der Waals surface area contributed by atoms with E-state index < -0.39 is 0 Å². The molecule has 0 radical (unpaired) electrons. The fraction of sp³-hybridized carbons (Fsp3) is 0.381. The molecule has 5 heteroatoms. The Balaban J connectivity index is 1.31. The van der Waals surface area contributed by atoms with E-state index in [1.807, 2.05) is 24.3 Å². The van der Waals surface area contributed by atoms with Crippen molar-refractivity contribution in [3.63, 3.8) is 0 Å². The summed E-state index contributed by atoms with van der Waals surface area (Å²) in [7, 11) is 0. The minimum Gasteiger partial charge on any atom is -0.489 e. The molecule has 5 rings (SSSR count). The van der Waals surface area contributed by atoms with Crippen LogP contribution in [-0.4, -0.2) is 34.1 Å². The van der Waals surface area contributed by atoms with Crippen molar-refractivity contribution < 1.29 is 9.13 Å². The number of imidazole rings is 1. The van der Waals surface area contributed by atoms with Gasteiger partial charge in [0.25, 0.3) is 0 Å². The molecule has 0 N–H and O–H groups in total. The van der Waals surface area contributed by atoms with Gasteiger partial charge in [-0.3, -0.25) is 4.90 Å². The minimum absolute atomic E-state index is 0.158. The Labute approximate surface area is 152 Å². The van der Waals surface area contributed by atoms with Crippen LogP contribution in [0.1, 0.15) is 30.1 Å². The monoisotopic (exact) mass is 351 g/mol. The van der Waals surface area contributed by atoms with E-state index in [0.717, 1.165) is 61.6 Å². The Hall–Kier alpha value is -2.40. The first kappa shape index (κ1) is 15.8. The van der Waals surface area contributed by atoms with Crippen molar-refractivity contribution in [3.05, 3.63) is 59.7 Å². The van der Waals surface area contributed by atoms with Crippen molar-refractivity contribution in [1.29, 1.82) is 0 Å². The maximum Gasteiger partial charge on any atom is 0.145 e. The average molecular weight is 351 g/mol. The lowest BCUT2D eigenvalue weighted by molar-refractivity contribution is 0.195. The second-order valence-electron chi connectivity index (χ2n) is 7.25. The standard InChI is InChI=1S/C21H22FN3O/c22-17-6-4-15(5-7-17)16-8-10-24(11-9-16)14-20-23-18-2-1-3-19-21(18)25(20)12-13-26-19/h1-7,16H,8-14H2. The van der Waals surface area contributed by atoms with Gasteiger partial charge < -0.3 is 9.30 Å². The molecule has 4 nitrogen and oxygen atoms in total. The van der Waals surface area contributed by atoms with E-state index in [0.29, 0.717) is 12.5 Å². The number of para-hydroxylation sites is 1. The second-order valence-corrected chi connectivity index (χ2v) is 7.25. The molecule has 3 aromatic rings. The molecule has 2 aliphatic heterocycles. The Morgan fingerprint density at radius 1 is 1.04 bits per heavy atom. The van der Waals surface area contributed by atoms with E-state index in [-0.39, 0.29) is 5.82 Å². The zero-order valence-electron chi connectivity index (χ0n) is 14.7. The number of likely N-dealkylation sites (tertiary alicyclic amines) is 1. The molecule has 1 saturated heterocycles. The van der Waals surface area contributed by atoms with Gasteiger partial charge in [0.15, 0.2) is 0 Å². The zero-order valence-corrected chi connectivity index (χ0v) is 14.7. The molecule has 0 unspecified atom stereocenters. The first-order valence-electron chi connectivity index (χ1n) is 9.37. The van der Waals surface area contributed by atoms with E-state index in [9.17, 15) is 4.39 Å². The summed E-state index contributed by atoms with van der Waals surface area (Å²) in [5, 5.41) is 0. The number of hydrogen-bond donors (Lipinski definition) is 0. The summed E-state index contributed by atoms with van der Waals surface area (Å²) < 4.78 is 21.2. The van der Waals surface area contributed by atoms with E-state index in [2.05, 4.69) is 15.5 Å². The molecule has 1 aromatic heterocycles. The van der Waals surface area contributed by atoms with Crippen molar-refractivity contribution in [2.75, 3.05) is 19.7 Å². The first-order valence-corrected chi connectivity index (χ1v) is 9.37. The number of piperidine rings is 1. The van der Waals surface area contributed by atoms with Crippen LogP contribution in [-0.2, 0) is 13.1 Å². The van der Waals surface area contributed by atoms with E-state index in [1.54, 1.807) is 12.1 Å². The summed E-state index contributed by atoms with van der Waals surface area (Å²) >= 11 is 0. The molecule has 3 heterocycles. The quantitative estimate of drug-likeness (QED) is 0.716. The third kappa shape index (κ3) is 2.76. The van der Waals surface area contributed by atoms with E-state index >= 15 is 0 Å². The molecule has 2 aromatic carbocycles. The number of aromatic nitrogens is 2. The summed E-state index contributed by atoms with van der Waals surface area (Å²) in [6, 6.07) is 13.1. The van der Waals surface area contributed by atoms with Crippen LogP contribution in [0.2, 0.25) is 0 Å². The summed E-state index contributed by atoms with van der Waals surface area (Å²) in [5.74, 6) is 2.46. The number of ether oxygens (including phenoxy) is 1. The predicted molar refractivity (Wildman–Crippen MR) is 98.9 cm³/mol. The minimum atomic E-state index is -0.158. The smallest absolute Gasteiger partial charge is 0.145 e. The van der Waals surface area contributed by atoms with Gasteiger partial charge in [0.1, 0.15) is 29.5 Å². The molecule has 0 spiro atoms.